The van der Waals surface area contributed by atoms with Crippen molar-refractivity contribution in [2.75, 3.05) is 6.61 Å². The first-order valence-corrected chi connectivity index (χ1v) is 11.6. The van der Waals surface area contributed by atoms with Crippen molar-refractivity contribution >= 4 is 52.9 Å². The molecule has 0 saturated carbocycles. The lowest BCUT2D eigenvalue weighted by Crippen LogP contribution is -2.33. The summed E-state index contributed by atoms with van der Waals surface area (Å²) < 4.78 is 16.6. The fraction of sp³-hybridized carbons (Fsp3) is 0.160. The molecule has 3 rings (SSSR count). The number of rotatable bonds is 9. The molecule has 0 spiro atoms. The minimum Gasteiger partial charge on any atom is -0.490 e. The van der Waals surface area contributed by atoms with E-state index in [0.29, 0.717) is 33.7 Å². The number of carbonyl (C=O) groups excluding carboxylic acids is 2. The van der Waals surface area contributed by atoms with Gasteiger partial charge in [0.2, 0.25) is 0 Å². The second-order valence-electron chi connectivity index (χ2n) is 7.10. The summed E-state index contributed by atoms with van der Waals surface area (Å²) >= 11 is 17.8. The first-order chi connectivity index (χ1) is 16.8. The van der Waals surface area contributed by atoms with Gasteiger partial charge in [-0.05, 0) is 80.1 Å². The predicted molar refractivity (Wildman–Crippen MR) is 136 cm³/mol. The van der Waals surface area contributed by atoms with Gasteiger partial charge in [-0.15, -0.1) is 0 Å². The molecule has 182 valence electrons. The smallest absolute Gasteiger partial charge is 0.345 e. The van der Waals surface area contributed by atoms with Gasteiger partial charge in [-0.2, -0.15) is 5.10 Å². The third kappa shape index (κ3) is 7.62. The molecule has 35 heavy (non-hydrogen) atoms. The number of hydrogen-bond acceptors (Lipinski definition) is 6. The van der Waals surface area contributed by atoms with Crippen LogP contribution in [0.2, 0.25) is 15.1 Å². The molecular weight excluding hydrogens is 515 g/mol. The summed E-state index contributed by atoms with van der Waals surface area (Å²) in [6.45, 7) is 3.73. The average Bonchev–Trinajstić information content (AvgIpc) is 2.82. The highest BCUT2D eigenvalue weighted by atomic mass is 35.5. The summed E-state index contributed by atoms with van der Waals surface area (Å²) in [7, 11) is 0. The monoisotopic (exact) mass is 534 g/mol. The van der Waals surface area contributed by atoms with Crippen LogP contribution in [0.3, 0.4) is 0 Å². The van der Waals surface area contributed by atoms with E-state index in [1.54, 1.807) is 62.4 Å². The highest BCUT2D eigenvalue weighted by Gasteiger charge is 2.17. The maximum atomic E-state index is 12.5. The highest BCUT2D eigenvalue weighted by Crippen LogP contribution is 2.30. The number of ether oxygens (including phenoxy) is 3. The number of esters is 1. The van der Waals surface area contributed by atoms with Crippen LogP contribution in [0.4, 0.5) is 0 Å². The van der Waals surface area contributed by atoms with Gasteiger partial charge in [-0.3, -0.25) is 4.79 Å². The molecule has 1 N–H and O–H groups in total. The molecule has 0 saturated heterocycles. The van der Waals surface area contributed by atoms with Crippen molar-refractivity contribution in [1.82, 2.24) is 5.43 Å². The molecule has 0 unspecified atom stereocenters. The molecule has 0 aliphatic rings. The normalized spacial score (nSPS) is 11.7. The zero-order valence-electron chi connectivity index (χ0n) is 18.8. The van der Waals surface area contributed by atoms with Gasteiger partial charge in [0.1, 0.15) is 5.75 Å². The third-order valence-electron chi connectivity index (χ3n) is 4.51. The van der Waals surface area contributed by atoms with Crippen molar-refractivity contribution < 1.29 is 23.8 Å². The van der Waals surface area contributed by atoms with E-state index in [9.17, 15) is 9.59 Å². The van der Waals surface area contributed by atoms with Gasteiger partial charge in [0.25, 0.3) is 5.91 Å². The SMILES string of the molecule is CCOc1cc(/C=N\NC(=O)[C@H](C)Oc2ccc(Cl)cc2)ccc1OC(=O)c1ccc(Cl)cc1Cl. The fourth-order valence-electron chi connectivity index (χ4n) is 2.80. The van der Waals surface area contributed by atoms with Crippen LogP contribution >= 0.6 is 34.8 Å². The molecule has 0 fully saturated rings. The van der Waals surface area contributed by atoms with E-state index in [0.717, 1.165) is 0 Å². The maximum absolute atomic E-state index is 12.5. The minimum absolute atomic E-state index is 0.168. The predicted octanol–water partition coefficient (Wildman–Crippen LogP) is 6.18. The van der Waals surface area contributed by atoms with E-state index < -0.39 is 18.0 Å². The van der Waals surface area contributed by atoms with Crippen LogP contribution in [-0.4, -0.2) is 30.8 Å². The molecule has 0 aliphatic heterocycles. The van der Waals surface area contributed by atoms with E-state index in [4.69, 9.17) is 49.0 Å². The Morgan fingerprint density at radius 1 is 0.971 bits per heavy atom. The summed E-state index contributed by atoms with van der Waals surface area (Å²) in [5.74, 6) is -0.0651. The molecule has 3 aromatic rings. The van der Waals surface area contributed by atoms with Gasteiger partial charge in [0.05, 0.1) is 23.4 Å². The Morgan fingerprint density at radius 3 is 2.37 bits per heavy atom. The Hall–Kier alpha value is -3.26. The number of nitrogens with zero attached hydrogens (tertiary/aromatic N) is 1. The Bertz CT molecular complexity index is 1230. The molecule has 0 aliphatic carbocycles. The summed E-state index contributed by atoms with van der Waals surface area (Å²) in [6, 6.07) is 16.0. The van der Waals surface area contributed by atoms with Crippen LogP contribution in [0.1, 0.15) is 29.8 Å². The van der Waals surface area contributed by atoms with Crippen LogP contribution in [0.25, 0.3) is 0 Å². The molecular formula is C25H21Cl3N2O5. The van der Waals surface area contributed by atoms with Crippen LogP contribution in [-0.2, 0) is 4.79 Å². The second-order valence-corrected chi connectivity index (χ2v) is 8.38. The standard InChI is InChI=1S/C25H21Cl3N2O5/c1-3-33-23-12-16(4-11-22(23)35-25(32)20-10-7-18(27)13-21(20)28)14-29-30-24(31)15(2)34-19-8-5-17(26)6-9-19/h4-15H,3H2,1-2H3,(H,30,31)/b29-14-/t15-/m0/s1. The number of halogens is 3. The minimum atomic E-state index is -0.784. The molecule has 7 nitrogen and oxygen atoms in total. The molecule has 0 aromatic heterocycles. The zero-order chi connectivity index (χ0) is 25.4. The summed E-state index contributed by atoms with van der Waals surface area (Å²) in [5, 5.41) is 5.11. The zero-order valence-corrected chi connectivity index (χ0v) is 21.0. The van der Waals surface area contributed by atoms with Gasteiger partial charge in [-0.25, -0.2) is 10.2 Å². The Balaban J connectivity index is 1.64. The number of carbonyl (C=O) groups is 2. The molecule has 10 heteroatoms. The molecule has 3 aromatic carbocycles. The van der Waals surface area contributed by atoms with Gasteiger partial charge in [0, 0.05) is 10.0 Å². The molecule has 0 bridgehead atoms. The van der Waals surface area contributed by atoms with Crippen LogP contribution in [0, 0.1) is 0 Å². The topological polar surface area (TPSA) is 86.2 Å². The first-order valence-electron chi connectivity index (χ1n) is 10.5. The Kier molecular flexibility index (Phi) is 9.37. The quantitative estimate of drug-likeness (QED) is 0.153. The van der Waals surface area contributed by atoms with E-state index in [1.807, 2.05) is 0 Å². The highest BCUT2D eigenvalue weighted by molar-refractivity contribution is 6.36. The van der Waals surface area contributed by atoms with E-state index in [2.05, 4.69) is 10.5 Å². The van der Waals surface area contributed by atoms with Gasteiger partial charge in [-0.1, -0.05) is 34.8 Å². The third-order valence-corrected chi connectivity index (χ3v) is 5.31. The van der Waals surface area contributed by atoms with Crippen molar-refractivity contribution in [3.05, 3.63) is 86.9 Å². The Labute approximate surface area is 217 Å². The lowest BCUT2D eigenvalue weighted by molar-refractivity contribution is -0.127. The fourth-order valence-corrected chi connectivity index (χ4v) is 3.41. The van der Waals surface area contributed by atoms with Crippen LogP contribution in [0.15, 0.2) is 65.8 Å². The van der Waals surface area contributed by atoms with Gasteiger partial charge >= 0.3 is 5.97 Å². The molecule has 1 atom stereocenters. The van der Waals surface area contributed by atoms with Crippen molar-refractivity contribution in [2.45, 2.75) is 20.0 Å². The number of hydrazone groups is 1. The van der Waals surface area contributed by atoms with Gasteiger partial charge < -0.3 is 14.2 Å². The summed E-state index contributed by atoms with van der Waals surface area (Å²) in [4.78, 5) is 24.8. The molecule has 1 amide bonds. The van der Waals surface area contributed by atoms with Crippen LogP contribution < -0.4 is 19.6 Å². The lowest BCUT2D eigenvalue weighted by Gasteiger charge is -2.13. The number of hydrogen-bond donors (Lipinski definition) is 1. The van der Waals surface area contributed by atoms with E-state index in [-0.39, 0.29) is 16.3 Å². The van der Waals surface area contributed by atoms with Crippen molar-refractivity contribution in [3.8, 4) is 17.2 Å². The van der Waals surface area contributed by atoms with E-state index in [1.165, 1.54) is 18.3 Å². The maximum Gasteiger partial charge on any atom is 0.345 e. The average molecular weight is 536 g/mol. The number of benzene rings is 3. The van der Waals surface area contributed by atoms with Crippen molar-refractivity contribution in [3.63, 3.8) is 0 Å². The van der Waals surface area contributed by atoms with Crippen LogP contribution in [0.5, 0.6) is 17.2 Å². The van der Waals surface area contributed by atoms with E-state index >= 15 is 0 Å². The summed E-state index contributed by atoms with van der Waals surface area (Å²) in [6.07, 6.45) is 0.644. The van der Waals surface area contributed by atoms with Gasteiger partial charge in [0.15, 0.2) is 17.6 Å². The van der Waals surface area contributed by atoms with Crippen molar-refractivity contribution in [1.29, 1.82) is 0 Å². The molecule has 0 heterocycles. The number of amides is 1. The first kappa shape index (κ1) is 26.3. The van der Waals surface area contributed by atoms with Crippen molar-refractivity contribution in [2.24, 2.45) is 5.10 Å². The lowest BCUT2D eigenvalue weighted by atomic mass is 10.2. The second kappa shape index (κ2) is 12.4. The molecule has 0 radical (unpaired) electrons. The largest absolute Gasteiger partial charge is 0.490 e. The number of nitrogens with one attached hydrogen (secondary N) is 1. The Morgan fingerprint density at radius 2 is 1.69 bits per heavy atom. The summed E-state index contributed by atoms with van der Waals surface area (Å²) in [5.41, 5.74) is 3.19.